The first kappa shape index (κ1) is 17.8. The summed E-state index contributed by atoms with van der Waals surface area (Å²) in [5.74, 6) is -0.324. The molecule has 0 aliphatic heterocycles. The van der Waals surface area contributed by atoms with Gasteiger partial charge in [-0.1, -0.05) is 0 Å². The van der Waals surface area contributed by atoms with Crippen LogP contribution in [0, 0.1) is 19.7 Å². The average Bonchev–Trinajstić information content (AvgIpc) is 3.23. The summed E-state index contributed by atoms with van der Waals surface area (Å²) in [7, 11) is 0. The molecule has 1 unspecified atom stereocenters. The Kier molecular flexibility index (Phi) is 5.16. The molecule has 0 spiro atoms. The minimum Gasteiger partial charge on any atom is -0.352 e. The van der Waals surface area contributed by atoms with Crippen molar-refractivity contribution in [2.24, 2.45) is 0 Å². The number of nitrogens with one attached hydrogen (secondary N) is 1. The molecule has 7 heteroatoms. The number of rotatable bonds is 6. The summed E-state index contributed by atoms with van der Waals surface area (Å²) >= 11 is 0. The maximum Gasteiger partial charge on any atom is 0.222 e. The highest BCUT2D eigenvalue weighted by Crippen LogP contribution is 2.18. The number of halogens is 1. The molecule has 2 aromatic heterocycles. The molecule has 3 aromatic rings. The Morgan fingerprint density at radius 1 is 1.27 bits per heavy atom. The number of amides is 1. The van der Waals surface area contributed by atoms with Gasteiger partial charge in [-0.25, -0.2) is 9.07 Å². The van der Waals surface area contributed by atoms with E-state index in [1.807, 2.05) is 33.0 Å². The summed E-state index contributed by atoms with van der Waals surface area (Å²) in [6.07, 6.45) is 3.90. The molecule has 1 atom stereocenters. The first-order valence-electron chi connectivity index (χ1n) is 8.52. The van der Waals surface area contributed by atoms with Crippen LogP contribution in [-0.2, 0) is 11.3 Å². The number of hydrogen-bond donors (Lipinski definition) is 1. The quantitative estimate of drug-likeness (QED) is 0.739. The van der Waals surface area contributed by atoms with E-state index in [9.17, 15) is 9.18 Å². The summed E-state index contributed by atoms with van der Waals surface area (Å²) < 4.78 is 16.7. The van der Waals surface area contributed by atoms with Crippen molar-refractivity contribution in [2.75, 3.05) is 0 Å². The van der Waals surface area contributed by atoms with Crippen LogP contribution in [-0.4, -0.2) is 25.5 Å². The van der Waals surface area contributed by atoms with Crippen molar-refractivity contribution < 1.29 is 9.18 Å². The molecule has 2 heterocycles. The molecule has 0 saturated heterocycles. The Labute approximate surface area is 151 Å². The number of nitrogens with zero attached hydrogens (tertiary/aromatic N) is 4. The third kappa shape index (κ3) is 3.82. The van der Waals surface area contributed by atoms with E-state index in [1.165, 1.54) is 12.1 Å². The molecule has 0 saturated carbocycles. The van der Waals surface area contributed by atoms with Crippen molar-refractivity contribution >= 4 is 5.91 Å². The van der Waals surface area contributed by atoms with E-state index < -0.39 is 0 Å². The fourth-order valence-electron chi connectivity index (χ4n) is 2.93. The lowest BCUT2D eigenvalue weighted by Crippen LogP contribution is -2.26. The highest BCUT2D eigenvalue weighted by molar-refractivity contribution is 5.76. The zero-order valence-corrected chi connectivity index (χ0v) is 15.1. The third-order valence-electron chi connectivity index (χ3n) is 4.43. The summed E-state index contributed by atoms with van der Waals surface area (Å²) in [6.45, 7) is 6.21. The molecule has 136 valence electrons. The molecule has 26 heavy (non-hydrogen) atoms. The maximum atomic E-state index is 13.1. The zero-order valence-electron chi connectivity index (χ0n) is 15.1. The van der Waals surface area contributed by atoms with Gasteiger partial charge in [0, 0.05) is 36.6 Å². The summed E-state index contributed by atoms with van der Waals surface area (Å²) in [5, 5.41) is 11.6. The molecular formula is C19H22FN5O. The van der Waals surface area contributed by atoms with Crippen LogP contribution in [0.15, 0.2) is 42.7 Å². The van der Waals surface area contributed by atoms with Gasteiger partial charge >= 0.3 is 0 Å². The Bertz CT molecular complexity index is 884. The predicted octanol–water partition coefficient (Wildman–Crippen LogP) is 3.09. The molecule has 0 aliphatic carbocycles. The Morgan fingerprint density at radius 3 is 2.65 bits per heavy atom. The van der Waals surface area contributed by atoms with Crippen molar-refractivity contribution in [3.63, 3.8) is 0 Å². The van der Waals surface area contributed by atoms with Gasteiger partial charge in [-0.3, -0.25) is 9.48 Å². The fourth-order valence-corrected chi connectivity index (χ4v) is 2.93. The number of aryl methyl sites for hydroxylation is 1. The predicted molar refractivity (Wildman–Crippen MR) is 96.4 cm³/mol. The van der Waals surface area contributed by atoms with Gasteiger partial charge in [0.15, 0.2) is 0 Å². The largest absolute Gasteiger partial charge is 0.352 e. The van der Waals surface area contributed by atoms with E-state index in [0.717, 1.165) is 22.6 Å². The normalized spacial score (nSPS) is 12.2. The van der Waals surface area contributed by atoms with E-state index in [1.54, 1.807) is 27.7 Å². The second-order valence-electron chi connectivity index (χ2n) is 6.35. The van der Waals surface area contributed by atoms with Crippen LogP contribution < -0.4 is 5.32 Å². The minimum absolute atomic E-state index is 0.00543. The van der Waals surface area contributed by atoms with E-state index in [2.05, 4.69) is 15.5 Å². The van der Waals surface area contributed by atoms with Gasteiger partial charge in [0.05, 0.1) is 17.4 Å². The van der Waals surface area contributed by atoms with Crippen LogP contribution in [0.2, 0.25) is 0 Å². The van der Waals surface area contributed by atoms with Crippen molar-refractivity contribution in [1.29, 1.82) is 0 Å². The highest BCUT2D eigenvalue weighted by Gasteiger charge is 2.15. The van der Waals surface area contributed by atoms with Gasteiger partial charge < -0.3 is 5.32 Å². The van der Waals surface area contributed by atoms with Crippen molar-refractivity contribution in [3.8, 4) is 5.69 Å². The SMILES string of the molecule is Cc1nn(-c2ccc(F)cc2)c(C)c1CNC(=O)CC(C)n1cccn1. The average molecular weight is 355 g/mol. The van der Waals surface area contributed by atoms with Crippen LogP contribution in [0.1, 0.15) is 36.3 Å². The standard InChI is InChI=1S/C19H22FN5O/c1-13(24-10-4-9-22-24)11-19(26)21-12-18-14(2)23-25(15(18)3)17-7-5-16(20)6-8-17/h4-10,13H,11-12H2,1-3H3,(H,21,26). The topological polar surface area (TPSA) is 64.7 Å². The highest BCUT2D eigenvalue weighted by atomic mass is 19.1. The fraction of sp³-hybridized carbons (Fsp3) is 0.316. The van der Waals surface area contributed by atoms with E-state index >= 15 is 0 Å². The Hall–Kier alpha value is -2.96. The molecule has 1 aromatic carbocycles. The number of carbonyl (C=O) groups is 1. The smallest absolute Gasteiger partial charge is 0.222 e. The monoisotopic (exact) mass is 355 g/mol. The van der Waals surface area contributed by atoms with E-state index in [4.69, 9.17) is 0 Å². The van der Waals surface area contributed by atoms with Gasteiger partial charge in [-0.15, -0.1) is 0 Å². The summed E-state index contributed by atoms with van der Waals surface area (Å²) in [5.41, 5.74) is 3.52. The maximum absolute atomic E-state index is 13.1. The lowest BCUT2D eigenvalue weighted by molar-refractivity contribution is -0.122. The zero-order chi connectivity index (χ0) is 18.7. The van der Waals surface area contributed by atoms with Crippen molar-refractivity contribution in [2.45, 2.75) is 39.8 Å². The second-order valence-corrected chi connectivity index (χ2v) is 6.35. The lowest BCUT2D eigenvalue weighted by atomic mass is 10.2. The molecule has 0 fully saturated rings. The number of carbonyl (C=O) groups excluding carboxylic acids is 1. The molecule has 6 nitrogen and oxygen atoms in total. The van der Waals surface area contributed by atoms with Gasteiger partial charge in [0.2, 0.25) is 5.91 Å². The van der Waals surface area contributed by atoms with Gasteiger partial charge in [0.25, 0.3) is 0 Å². The molecular weight excluding hydrogens is 333 g/mol. The number of hydrogen-bond acceptors (Lipinski definition) is 3. The first-order valence-corrected chi connectivity index (χ1v) is 8.52. The molecule has 0 radical (unpaired) electrons. The van der Waals surface area contributed by atoms with Gasteiger partial charge in [-0.2, -0.15) is 10.2 Å². The van der Waals surface area contributed by atoms with E-state index in [0.29, 0.717) is 13.0 Å². The Morgan fingerprint density at radius 2 is 2.00 bits per heavy atom. The molecule has 3 rings (SSSR count). The number of aromatic nitrogens is 4. The first-order chi connectivity index (χ1) is 12.5. The molecule has 1 amide bonds. The molecule has 0 bridgehead atoms. The molecule has 0 aliphatic rings. The number of benzene rings is 1. The second kappa shape index (κ2) is 7.51. The van der Waals surface area contributed by atoms with Gasteiger partial charge in [0.1, 0.15) is 5.82 Å². The van der Waals surface area contributed by atoms with Crippen molar-refractivity contribution in [1.82, 2.24) is 24.9 Å². The van der Waals surface area contributed by atoms with Crippen molar-refractivity contribution in [3.05, 3.63) is 65.5 Å². The minimum atomic E-state index is -0.283. The Balaban J connectivity index is 1.66. The van der Waals surface area contributed by atoms with Crippen LogP contribution in [0.25, 0.3) is 5.69 Å². The summed E-state index contributed by atoms with van der Waals surface area (Å²) in [4.78, 5) is 12.2. The lowest BCUT2D eigenvalue weighted by Gasteiger charge is -2.12. The third-order valence-corrected chi connectivity index (χ3v) is 4.43. The molecule has 1 N–H and O–H groups in total. The van der Waals surface area contributed by atoms with Crippen LogP contribution in [0.3, 0.4) is 0 Å². The van der Waals surface area contributed by atoms with Gasteiger partial charge in [-0.05, 0) is 51.1 Å². The van der Waals surface area contributed by atoms with Crippen LogP contribution >= 0.6 is 0 Å². The van der Waals surface area contributed by atoms with Crippen LogP contribution in [0.4, 0.5) is 4.39 Å². The summed E-state index contributed by atoms with van der Waals surface area (Å²) in [6, 6.07) is 8.01. The van der Waals surface area contributed by atoms with Crippen LogP contribution in [0.5, 0.6) is 0 Å². The van der Waals surface area contributed by atoms with E-state index in [-0.39, 0.29) is 17.8 Å².